The zero-order valence-corrected chi connectivity index (χ0v) is 20.1. The second-order valence-electron chi connectivity index (χ2n) is 8.85. The van der Waals surface area contributed by atoms with Crippen molar-refractivity contribution in [2.45, 2.75) is 52.0 Å². The number of likely N-dealkylation sites (N-methyl/N-ethyl adjacent to an activating group) is 1. The number of rotatable bonds is 11. The van der Waals surface area contributed by atoms with Gasteiger partial charge < -0.3 is 20.1 Å². The van der Waals surface area contributed by atoms with E-state index in [-0.39, 0.29) is 31.3 Å². The van der Waals surface area contributed by atoms with E-state index in [1.807, 2.05) is 43.3 Å². The lowest BCUT2D eigenvalue weighted by molar-refractivity contribution is -0.138. The molecular weight excluding hydrogens is 432 g/mol. The van der Waals surface area contributed by atoms with Crippen LogP contribution in [0.25, 0.3) is 11.1 Å². The molecule has 2 unspecified atom stereocenters. The molecule has 0 aliphatic heterocycles. The first-order valence-electron chi connectivity index (χ1n) is 12.0. The summed E-state index contributed by atoms with van der Waals surface area (Å²) in [6, 6.07) is 15.2. The van der Waals surface area contributed by atoms with Crippen LogP contribution in [0.2, 0.25) is 0 Å². The summed E-state index contributed by atoms with van der Waals surface area (Å²) in [6.45, 7) is 7.16. The van der Waals surface area contributed by atoms with Crippen LogP contribution >= 0.6 is 0 Å². The number of ether oxygens (including phenoxy) is 1. The van der Waals surface area contributed by atoms with Gasteiger partial charge >= 0.3 is 12.1 Å². The first-order chi connectivity index (χ1) is 16.3. The van der Waals surface area contributed by atoms with Gasteiger partial charge in [0.15, 0.2) is 0 Å². The van der Waals surface area contributed by atoms with Gasteiger partial charge in [-0.05, 0) is 41.5 Å². The maximum Gasteiger partial charge on any atom is 0.407 e. The highest BCUT2D eigenvalue weighted by atomic mass is 16.5. The first kappa shape index (κ1) is 25.3. The fourth-order valence-electron chi connectivity index (χ4n) is 4.41. The Labute approximate surface area is 201 Å². The third-order valence-corrected chi connectivity index (χ3v) is 6.50. The van der Waals surface area contributed by atoms with Crippen LogP contribution in [-0.4, -0.2) is 53.7 Å². The lowest BCUT2D eigenvalue weighted by atomic mass is 9.98. The van der Waals surface area contributed by atoms with Gasteiger partial charge in [0.2, 0.25) is 5.91 Å². The van der Waals surface area contributed by atoms with Gasteiger partial charge in [0, 0.05) is 25.4 Å². The van der Waals surface area contributed by atoms with E-state index in [1.165, 1.54) is 0 Å². The number of nitrogens with one attached hydrogen (secondary N) is 1. The second-order valence-corrected chi connectivity index (χ2v) is 8.85. The minimum atomic E-state index is -1.02. The molecule has 2 atom stereocenters. The molecule has 0 aromatic heterocycles. The number of carbonyl (C=O) groups is 3. The number of benzene rings is 2. The van der Waals surface area contributed by atoms with Gasteiger partial charge in [0.25, 0.3) is 0 Å². The Morgan fingerprint density at radius 1 is 1.03 bits per heavy atom. The zero-order chi connectivity index (χ0) is 24.7. The second kappa shape index (κ2) is 11.7. The van der Waals surface area contributed by atoms with E-state index in [0.29, 0.717) is 19.0 Å². The van der Waals surface area contributed by atoms with Crippen LogP contribution in [0.5, 0.6) is 0 Å². The maximum absolute atomic E-state index is 13.1. The average molecular weight is 467 g/mol. The number of hydrogen-bond acceptors (Lipinski definition) is 4. The molecule has 34 heavy (non-hydrogen) atoms. The molecule has 7 nitrogen and oxygen atoms in total. The van der Waals surface area contributed by atoms with Gasteiger partial charge in [-0.3, -0.25) is 9.59 Å². The fraction of sp³-hybridized carbons (Fsp3) is 0.444. The van der Waals surface area contributed by atoms with Gasteiger partial charge in [0.1, 0.15) is 12.6 Å². The SMILES string of the molecule is CCC(C)CN(CC)C(=O)C(CCC(=O)O)NC(=O)OCC1c2ccccc2-c2ccccc21. The zero-order valence-electron chi connectivity index (χ0n) is 20.1. The normalized spacial score (nSPS) is 14.0. The first-order valence-corrected chi connectivity index (χ1v) is 12.0. The Morgan fingerprint density at radius 2 is 1.62 bits per heavy atom. The number of carboxylic acid groups (broad SMARTS) is 1. The van der Waals surface area contributed by atoms with Crippen LogP contribution < -0.4 is 5.32 Å². The summed E-state index contributed by atoms with van der Waals surface area (Å²) in [5, 5.41) is 11.8. The van der Waals surface area contributed by atoms with Crippen LogP contribution in [0.15, 0.2) is 48.5 Å². The number of fused-ring (bicyclic) bond motifs is 3. The molecule has 2 aromatic carbocycles. The smallest absolute Gasteiger partial charge is 0.407 e. The van der Waals surface area contributed by atoms with Crippen molar-refractivity contribution in [2.75, 3.05) is 19.7 Å². The summed E-state index contributed by atoms with van der Waals surface area (Å²) in [5.74, 6) is -1.09. The number of hydrogen-bond donors (Lipinski definition) is 2. The molecule has 2 amide bonds. The molecule has 0 fully saturated rings. The Kier molecular flexibility index (Phi) is 8.68. The minimum Gasteiger partial charge on any atom is -0.481 e. The number of aliphatic carboxylic acids is 1. The summed E-state index contributed by atoms with van der Waals surface area (Å²) in [5.41, 5.74) is 4.46. The van der Waals surface area contributed by atoms with Crippen LogP contribution in [0.3, 0.4) is 0 Å². The van der Waals surface area contributed by atoms with Crippen molar-refractivity contribution in [1.82, 2.24) is 10.2 Å². The lowest BCUT2D eigenvalue weighted by Crippen LogP contribution is -2.50. The Bertz CT molecular complexity index is 976. The predicted octanol–water partition coefficient (Wildman–Crippen LogP) is 4.65. The summed E-state index contributed by atoms with van der Waals surface area (Å²) in [7, 11) is 0. The van der Waals surface area contributed by atoms with Crippen molar-refractivity contribution in [3.8, 4) is 11.1 Å². The quantitative estimate of drug-likeness (QED) is 0.502. The number of alkyl carbamates (subject to hydrolysis) is 1. The molecule has 0 saturated heterocycles. The van der Waals surface area contributed by atoms with Gasteiger partial charge in [0.05, 0.1) is 0 Å². The molecule has 2 N–H and O–H groups in total. The van der Waals surface area contributed by atoms with Gasteiger partial charge in [-0.25, -0.2) is 4.79 Å². The maximum atomic E-state index is 13.1. The molecule has 0 spiro atoms. The highest BCUT2D eigenvalue weighted by molar-refractivity contribution is 5.86. The molecule has 0 saturated carbocycles. The highest BCUT2D eigenvalue weighted by Crippen LogP contribution is 2.44. The van der Waals surface area contributed by atoms with Crippen LogP contribution in [0.1, 0.15) is 57.1 Å². The minimum absolute atomic E-state index is 0.00929. The average Bonchev–Trinajstić information content (AvgIpc) is 3.16. The Morgan fingerprint density at radius 3 is 2.15 bits per heavy atom. The summed E-state index contributed by atoms with van der Waals surface area (Å²) in [4.78, 5) is 38.7. The van der Waals surface area contributed by atoms with Crippen molar-refractivity contribution in [3.05, 3.63) is 59.7 Å². The van der Waals surface area contributed by atoms with E-state index in [0.717, 1.165) is 28.7 Å². The third kappa shape index (κ3) is 5.95. The van der Waals surface area contributed by atoms with Gasteiger partial charge in [-0.2, -0.15) is 0 Å². The molecule has 1 aliphatic rings. The van der Waals surface area contributed by atoms with Gasteiger partial charge in [-0.1, -0.05) is 68.8 Å². The summed E-state index contributed by atoms with van der Waals surface area (Å²) < 4.78 is 5.57. The van der Waals surface area contributed by atoms with Crippen LogP contribution in [0, 0.1) is 5.92 Å². The molecule has 3 rings (SSSR count). The van der Waals surface area contributed by atoms with Crippen LogP contribution in [-0.2, 0) is 14.3 Å². The van der Waals surface area contributed by atoms with Crippen LogP contribution in [0.4, 0.5) is 4.79 Å². The van der Waals surface area contributed by atoms with E-state index < -0.39 is 18.1 Å². The topological polar surface area (TPSA) is 95.9 Å². The Hall–Kier alpha value is -3.35. The molecule has 182 valence electrons. The molecule has 0 heterocycles. The molecule has 0 radical (unpaired) electrons. The van der Waals surface area contributed by atoms with E-state index in [2.05, 4.69) is 31.3 Å². The van der Waals surface area contributed by atoms with Crippen molar-refractivity contribution < 1.29 is 24.2 Å². The number of amides is 2. The largest absolute Gasteiger partial charge is 0.481 e. The lowest BCUT2D eigenvalue weighted by Gasteiger charge is -2.28. The van der Waals surface area contributed by atoms with Crippen molar-refractivity contribution >= 4 is 18.0 Å². The monoisotopic (exact) mass is 466 g/mol. The molecular formula is C27H34N2O5. The Balaban J connectivity index is 1.69. The summed E-state index contributed by atoms with van der Waals surface area (Å²) in [6.07, 6.45) is -0.00938. The number of carbonyl (C=O) groups excluding carboxylic acids is 2. The van der Waals surface area contributed by atoms with Crippen molar-refractivity contribution in [1.29, 1.82) is 0 Å². The van der Waals surface area contributed by atoms with Gasteiger partial charge in [-0.15, -0.1) is 0 Å². The van der Waals surface area contributed by atoms with E-state index in [4.69, 9.17) is 9.84 Å². The predicted molar refractivity (Wildman–Crippen MR) is 131 cm³/mol. The van der Waals surface area contributed by atoms with E-state index in [9.17, 15) is 14.4 Å². The van der Waals surface area contributed by atoms with Crippen molar-refractivity contribution in [3.63, 3.8) is 0 Å². The number of nitrogens with zero attached hydrogens (tertiary/aromatic N) is 1. The molecule has 7 heteroatoms. The van der Waals surface area contributed by atoms with E-state index >= 15 is 0 Å². The standard InChI is InChI=1S/C27H34N2O5/c1-4-18(3)16-29(5-2)26(32)24(14-15-25(30)31)28-27(33)34-17-23-21-12-8-6-10-19(21)20-11-7-9-13-22(20)23/h6-13,18,23-24H,4-5,14-17H2,1-3H3,(H,28,33)(H,30,31). The third-order valence-electron chi connectivity index (χ3n) is 6.50. The van der Waals surface area contributed by atoms with E-state index in [1.54, 1.807) is 4.90 Å². The molecule has 0 bridgehead atoms. The number of carboxylic acids is 1. The fourth-order valence-corrected chi connectivity index (χ4v) is 4.41. The van der Waals surface area contributed by atoms with Crippen molar-refractivity contribution in [2.24, 2.45) is 5.92 Å². The molecule has 2 aromatic rings. The summed E-state index contributed by atoms with van der Waals surface area (Å²) >= 11 is 0. The highest BCUT2D eigenvalue weighted by Gasteiger charge is 2.31. The molecule has 1 aliphatic carbocycles.